The summed E-state index contributed by atoms with van der Waals surface area (Å²) in [5.74, 6) is 1.56. The molecule has 192 valence electrons. The van der Waals surface area contributed by atoms with E-state index in [1.165, 1.54) is 13.2 Å². The number of methoxy groups -OCH3 is 1. The third-order valence-electron chi connectivity index (χ3n) is 7.17. The number of carbonyl (C=O) groups excluding carboxylic acids is 1. The average Bonchev–Trinajstić information content (AvgIpc) is 3.19. The molecule has 1 amide bonds. The highest BCUT2D eigenvalue weighted by atomic mass is 35.5. The number of sulfonamides is 1. The van der Waals surface area contributed by atoms with Crippen LogP contribution in [0.15, 0.2) is 23.1 Å². The second-order valence-electron chi connectivity index (χ2n) is 9.49. The molecule has 2 heterocycles. The number of unbranched alkanes of at least 4 members (excludes halogenated alkanes) is 1. The van der Waals surface area contributed by atoms with Crippen LogP contribution in [-0.2, 0) is 14.8 Å². The van der Waals surface area contributed by atoms with Gasteiger partial charge in [-0.25, -0.2) is 8.42 Å². The van der Waals surface area contributed by atoms with Crippen LogP contribution in [0.1, 0.15) is 45.4 Å². The van der Waals surface area contributed by atoms with E-state index in [9.17, 15) is 13.2 Å². The van der Waals surface area contributed by atoms with Gasteiger partial charge in [-0.15, -0.1) is 0 Å². The van der Waals surface area contributed by atoms with E-state index >= 15 is 0 Å². The number of amides is 1. The molecule has 0 spiro atoms. The quantitative estimate of drug-likeness (QED) is 0.392. The Morgan fingerprint density at radius 1 is 1.26 bits per heavy atom. The van der Waals surface area contributed by atoms with Gasteiger partial charge in [0.2, 0.25) is 15.9 Å². The van der Waals surface area contributed by atoms with Gasteiger partial charge in [-0.2, -0.15) is 4.31 Å². The minimum absolute atomic E-state index is 0.0970. The van der Waals surface area contributed by atoms with E-state index in [1.54, 1.807) is 16.4 Å². The molecule has 34 heavy (non-hydrogen) atoms. The molecule has 2 saturated heterocycles. The van der Waals surface area contributed by atoms with Crippen LogP contribution in [0, 0.1) is 11.8 Å². The molecule has 0 aromatic heterocycles. The number of benzene rings is 1. The van der Waals surface area contributed by atoms with Gasteiger partial charge in [-0.3, -0.25) is 4.79 Å². The number of ether oxygens (including phenoxy) is 1. The van der Waals surface area contributed by atoms with Crippen LogP contribution >= 0.6 is 11.6 Å². The molecule has 3 unspecified atom stereocenters. The van der Waals surface area contributed by atoms with Crippen LogP contribution in [-0.4, -0.2) is 71.1 Å². The van der Waals surface area contributed by atoms with Gasteiger partial charge in [0.1, 0.15) is 5.75 Å². The predicted molar refractivity (Wildman–Crippen MR) is 135 cm³/mol. The number of rotatable bonds is 11. The predicted octanol–water partition coefficient (Wildman–Crippen LogP) is 2.62. The fourth-order valence-corrected chi connectivity index (χ4v) is 6.84. The molecular formula is C24H39ClN4O4S. The zero-order chi connectivity index (χ0) is 24.7. The average molecular weight is 515 g/mol. The fraction of sp³-hybridized carbons (Fsp3) is 0.708. The van der Waals surface area contributed by atoms with Gasteiger partial charge < -0.3 is 20.7 Å². The number of halogens is 1. The molecule has 2 aliphatic heterocycles. The van der Waals surface area contributed by atoms with Gasteiger partial charge in [0, 0.05) is 25.7 Å². The molecular weight excluding hydrogens is 476 g/mol. The molecule has 3 N–H and O–H groups in total. The summed E-state index contributed by atoms with van der Waals surface area (Å²) < 4.78 is 32.6. The van der Waals surface area contributed by atoms with Crippen LogP contribution in [0.5, 0.6) is 5.75 Å². The molecule has 8 nitrogen and oxygen atoms in total. The molecule has 2 aliphatic rings. The van der Waals surface area contributed by atoms with E-state index in [0.717, 1.165) is 45.1 Å². The minimum Gasteiger partial charge on any atom is -0.495 e. The van der Waals surface area contributed by atoms with Crippen molar-refractivity contribution < 1.29 is 17.9 Å². The monoisotopic (exact) mass is 514 g/mol. The van der Waals surface area contributed by atoms with Crippen LogP contribution in [0.2, 0.25) is 5.02 Å². The highest BCUT2D eigenvalue weighted by molar-refractivity contribution is 7.89. The zero-order valence-electron chi connectivity index (χ0n) is 20.5. The molecule has 0 radical (unpaired) electrons. The number of hydrogen-bond donors (Lipinski definition) is 3. The normalized spacial score (nSPS) is 24.3. The van der Waals surface area contributed by atoms with Crippen molar-refractivity contribution in [1.82, 2.24) is 20.3 Å². The van der Waals surface area contributed by atoms with Gasteiger partial charge in [-0.1, -0.05) is 24.4 Å². The number of nitrogens with one attached hydrogen (secondary N) is 3. The van der Waals surface area contributed by atoms with Gasteiger partial charge in [0.25, 0.3) is 0 Å². The van der Waals surface area contributed by atoms with Crippen molar-refractivity contribution in [2.45, 2.75) is 62.4 Å². The first kappa shape index (κ1) is 27.2. The number of piperidine rings is 1. The van der Waals surface area contributed by atoms with Gasteiger partial charge >= 0.3 is 0 Å². The fourth-order valence-electron chi connectivity index (χ4n) is 5.02. The first-order chi connectivity index (χ1) is 16.3. The Labute approximate surface area is 209 Å². The zero-order valence-corrected chi connectivity index (χ0v) is 22.1. The van der Waals surface area contributed by atoms with E-state index in [4.69, 9.17) is 16.3 Å². The SMILES string of the molecule is CNCC1CC(C(=O)NCCCCC2CCN(S(=O)(=O)c3ccc(OC)c(Cl)c3)CC2)NC1C. The van der Waals surface area contributed by atoms with Crippen molar-refractivity contribution in [3.05, 3.63) is 23.2 Å². The third-order valence-corrected chi connectivity index (χ3v) is 9.36. The standard InChI is InChI=1S/C24H39ClN4O4S/c1-17-19(16-26-2)14-22(28-17)24(30)27-11-5-4-6-18-9-12-29(13-10-18)34(31,32)20-7-8-23(33-3)21(25)15-20/h7-8,15,17-19,22,26,28H,4-6,9-14,16H2,1-3H3,(H,27,30). The Bertz CT molecular complexity index is 922. The summed E-state index contributed by atoms with van der Waals surface area (Å²) in [4.78, 5) is 12.6. The number of carbonyl (C=O) groups is 1. The molecule has 0 saturated carbocycles. The maximum absolute atomic E-state index is 13.0. The molecule has 3 atom stereocenters. The van der Waals surface area contributed by atoms with Gasteiger partial charge in [0.05, 0.1) is 23.1 Å². The van der Waals surface area contributed by atoms with Crippen molar-refractivity contribution in [3.63, 3.8) is 0 Å². The van der Waals surface area contributed by atoms with Crippen molar-refractivity contribution in [1.29, 1.82) is 0 Å². The van der Waals surface area contributed by atoms with Crippen LogP contribution in [0.25, 0.3) is 0 Å². The molecule has 3 rings (SSSR count). The Morgan fingerprint density at radius 2 is 2.00 bits per heavy atom. The molecule has 0 bridgehead atoms. The highest BCUT2D eigenvalue weighted by Gasteiger charge is 2.34. The first-order valence-electron chi connectivity index (χ1n) is 12.3. The molecule has 0 aliphatic carbocycles. The second-order valence-corrected chi connectivity index (χ2v) is 11.8. The van der Waals surface area contributed by atoms with Gasteiger partial charge in [-0.05, 0) is 76.2 Å². The Balaban J connectivity index is 1.34. The summed E-state index contributed by atoms with van der Waals surface area (Å²) in [6, 6.07) is 4.84. The Morgan fingerprint density at radius 3 is 2.65 bits per heavy atom. The van der Waals surface area contributed by atoms with Crippen LogP contribution in [0.4, 0.5) is 0 Å². The highest BCUT2D eigenvalue weighted by Crippen LogP contribution is 2.31. The number of hydrogen-bond acceptors (Lipinski definition) is 6. The molecule has 2 fully saturated rings. The van der Waals surface area contributed by atoms with E-state index < -0.39 is 10.0 Å². The largest absolute Gasteiger partial charge is 0.495 e. The molecule has 10 heteroatoms. The van der Waals surface area contributed by atoms with E-state index in [0.29, 0.717) is 48.3 Å². The van der Waals surface area contributed by atoms with E-state index in [1.807, 2.05) is 7.05 Å². The summed E-state index contributed by atoms with van der Waals surface area (Å²) in [6.07, 6.45) is 5.61. The van der Waals surface area contributed by atoms with E-state index in [-0.39, 0.29) is 16.8 Å². The van der Waals surface area contributed by atoms with Crippen LogP contribution in [0.3, 0.4) is 0 Å². The lowest BCUT2D eigenvalue weighted by Crippen LogP contribution is -2.42. The Hall–Kier alpha value is -1.39. The maximum Gasteiger partial charge on any atom is 0.243 e. The van der Waals surface area contributed by atoms with E-state index in [2.05, 4.69) is 22.9 Å². The third kappa shape index (κ3) is 6.85. The lowest BCUT2D eigenvalue weighted by molar-refractivity contribution is -0.122. The van der Waals surface area contributed by atoms with Gasteiger partial charge in [0.15, 0.2) is 0 Å². The van der Waals surface area contributed by atoms with Crippen molar-refractivity contribution in [2.75, 3.05) is 40.3 Å². The number of nitrogens with zero attached hydrogens (tertiary/aromatic N) is 1. The summed E-state index contributed by atoms with van der Waals surface area (Å²) in [5, 5.41) is 9.96. The lowest BCUT2D eigenvalue weighted by atomic mass is 9.92. The summed E-state index contributed by atoms with van der Waals surface area (Å²) in [6.45, 7) is 4.79. The summed E-state index contributed by atoms with van der Waals surface area (Å²) in [5.41, 5.74) is 0. The molecule has 1 aromatic carbocycles. The van der Waals surface area contributed by atoms with Crippen molar-refractivity contribution in [2.24, 2.45) is 11.8 Å². The Kier molecular flexibility index (Phi) is 10.0. The topological polar surface area (TPSA) is 99.8 Å². The van der Waals surface area contributed by atoms with Crippen molar-refractivity contribution >= 4 is 27.5 Å². The van der Waals surface area contributed by atoms with Crippen LogP contribution < -0.4 is 20.7 Å². The summed E-state index contributed by atoms with van der Waals surface area (Å²) >= 11 is 6.12. The maximum atomic E-state index is 13.0. The second kappa shape index (κ2) is 12.5. The lowest BCUT2D eigenvalue weighted by Gasteiger charge is -2.31. The smallest absolute Gasteiger partial charge is 0.243 e. The summed E-state index contributed by atoms with van der Waals surface area (Å²) in [7, 11) is -0.109. The van der Waals surface area contributed by atoms with Crippen molar-refractivity contribution in [3.8, 4) is 5.75 Å². The first-order valence-corrected chi connectivity index (χ1v) is 14.1. The molecule has 1 aromatic rings. The minimum atomic E-state index is -3.56.